The average molecular weight is 426 g/mol. The molecule has 3 aromatic rings. The van der Waals surface area contributed by atoms with Crippen LogP contribution in [0.15, 0.2) is 60.0 Å². The molecule has 0 spiro atoms. The number of nitro benzene ring substituents is 1. The van der Waals surface area contributed by atoms with Gasteiger partial charge in [-0.15, -0.1) is 0 Å². The lowest BCUT2D eigenvalue weighted by Gasteiger charge is -2.11. The highest BCUT2D eigenvalue weighted by Crippen LogP contribution is 2.39. The smallest absolute Gasteiger partial charge is 0.296 e. The molecule has 0 atom stereocenters. The second-order valence-corrected chi connectivity index (χ2v) is 7.32. The predicted molar refractivity (Wildman–Crippen MR) is 112 cm³/mol. The van der Waals surface area contributed by atoms with E-state index in [9.17, 15) is 14.9 Å². The van der Waals surface area contributed by atoms with Crippen LogP contribution in [0.1, 0.15) is 6.42 Å². The Morgan fingerprint density at radius 2 is 1.93 bits per heavy atom. The van der Waals surface area contributed by atoms with E-state index in [0.29, 0.717) is 36.3 Å². The number of anilines is 1. The zero-order chi connectivity index (χ0) is 20.9. The number of amides is 1. The monoisotopic (exact) mass is 426 g/mol. The van der Waals surface area contributed by atoms with Crippen LogP contribution >= 0.6 is 11.8 Å². The third-order valence-electron chi connectivity index (χ3n) is 4.31. The molecule has 0 fully saturated rings. The number of thioether (sulfide) groups is 1. The van der Waals surface area contributed by atoms with E-state index in [2.05, 4.69) is 10.3 Å². The molecule has 1 aromatic heterocycles. The Labute approximate surface area is 176 Å². The van der Waals surface area contributed by atoms with Crippen molar-refractivity contribution in [2.75, 3.05) is 24.3 Å². The van der Waals surface area contributed by atoms with Crippen molar-refractivity contribution >= 4 is 29.0 Å². The number of benzene rings is 2. The molecule has 10 heteroatoms. The lowest BCUT2D eigenvalue weighted by atomic mass is 10.2. The summed E-state index contributed by atoms with van der Waals surface area (Å²) in [7, 11) is 0. The largest absolute Gasteiger partial charge is 0.489 e. The van der Waals surface area contributed by atoms with Crippen LogP contribution in [0.4, 0.5) is 11.4 Å². The Morgan fingerprint density at radius 1 is 1.20 bits per heavy atom. The molecule has 2 heterocycles. The molecule has 0 saturated heterocycles. The van der Waals surface area contributed by atoms with E-state index >= 15 is 0 Å². The maximum Gasteiger partial charge on any atom is 0.296 e. The molecule has 0 unspecified atom stereocenters. The number of para-hydroxylation sites is 1. The number of hydrogen-bond acceptors (Lipinski definition) is 7. The Balaban J connectivity index is 1.48. The molecule has 30 heavy (non-hydrogen) atoms. The van der Waals surface area contributed by atoms with Crippen LogP contribution in [0.25, 0.3) is 5.69 Å². The van der Waals surface area contributed by atoms with E-state index in [0.717, 1.165) is 5.69 Å². The van der Waals surface area contributed by atoms with Gasteiger partial charge >= 0.3 is 0 Å². The van der Waals surface area contributed by atoms with Crippen LogP contribution in [0.3, 0.4) is 0 Å². The fourth-order valence-corrected chi connectivity index (χ4v) is 3.72. The summed E-state index contributed by atoms with van der Waals surface area (Å²) in [6.07, 6.45) is 4.14. The summed E-state index contributed by atoms with van der Waals surface area (Å²) in [5.74, 6) is 0.326. The number of nitrogens with zero attached hydrogens (tertiary/aromatic N) is 3. The topological polar surface area (TPSA) is 109 Å². The molecule has 0 bridgehead atoms. The Kier molecular flexibility index (Phi) is 5.84. The van der Waals surface area contributed by atoms with Crippen LogP contribution < -0.4 is 14.8 Å². The quantitative estimate of drug-likeness (QED) is 0.364. The molecular weight excluding hydrogens is 408 g/mol. The third kappa shape index (κ3) is 4.38. The van der Waals surface area contributed by atoms with Crippen LogP contribution in [-0.2, 0) is 4.79 Å². The molecule has 9 nitrogen and oxygen atoms in total. The van der Waals surface area contributed by atoms with Gasteiger partial charge in [0.15, 0.2) is 16.7 Å². The number of carbonyl (C=O) groups is 1. The van der Waals surface area contributed by atoms with E-state index < -0.39 is 4.92 Å². The van der Waals surface area contributed by atoms with E-state index in [1.54, 1.807) is 6.20 Å². The van der Waals surface area contributed by atoms with Gasteiger partial charge in [-0.05, 0) is 12.1 Å². The highest BCUT2D eigenvalue weighted by Gasteiger charge is 2.23. The normalized spacial score (nSPS) is 12.8. The zero-order valence-electron chi connectivity index (χ0n) is 15.8. The number of carbonyl (C=O) groups excluding carboxylic acids is 1. The summed E-state index contributed by atoms with van der Waals surface area (Å²) in [5.41, 5.74) is 0.751. The molecule has 1 amide bonds. The molecule has 154 valence electrons. The number of imidazole rings is 1. The number of fused-ring (bicyclic) bond motifs is 1. The van der Waals surface area contributed by atoms with Gasteiger partial charge in [0.2, 0.25) is 5.91 Å². The van der Waals surface area contributed by atoms with E-state index in [1.165, 1.54) is 23.9 Å². The summed E-state index contributed by atoms with van der Waals surface area (Å²) < 4.78 is 12.9. The number of aromatic nitrogens is 2. The van der Waals surface area contributed by atoms with Gasteiger partial charge in [0, 0.05) is 30.6 Å². The fraction of sp³-hybridized carbons (Fsp3) is 0.200. The molecule has 0 saturated carbocycles. The number of nitrogens with one attached hydrogen (secondary N) is 1. The number of ether oxygens (including phenoxy) is 2. The average Bonchev–Trinajstić information content (AvgIpc) is 3.10. The van der Waals surface area contributed by atoms with Crippen LogP contribution in [0, 0.1) is 10.1 Å². The summed E-state index contributed by atoms with van der Waals surface area (Å²) in [6, 6.07) is 12.3. The van der Waals surface area contributed by atoms with Gasteiger partial charge in [0.25, 0.3) is 5.69 Å². The zero-order valence-corrected chi connectivity index (χ0v) is 16.6. The second kappa shape index (κ2) is 8.87. The third-order valence-corrected chi connectivity index (χ3v) is 5.28. The minimum Gasteiger partial charge on any atom is -0.489 e. The summed E-state index contributed by atoms with van der Waals surface area (Å²) >= 11 is 1.24. The molecule has 2 aromatic carbocycles. The van der Waals surface area contributed by atoms with E-state index in [1.807, 2.05) is 41.1 Å². The summed E-state index contributed by atoms with van der Waals surface area (Å²) in [6.45, 7) is 0.858. The van der Waals surface area contributed by atoms with E-state index in [-0.39, 0.29) is 23.0 Å². The van der Waals surface area contributed by atoms with Gasteiger partial charge in [-0.2, -0.15) is 0 Å². The highest BCUT2D eigenvalue weighted by molar-refractivity contribution is 7.99. The molecule has 1 N–H and O–H groups in total. The van der Waals surface area contributed by atoms with E-state index in [4.69, 9.17) is 9.47 Å². The first kappa shape index (κ1) is 19.8. The van der Waals surface area contributed by atoms with Crippen molar-refractivity contribution in [3.05, 3.63) is 65.0 Å². The highest BCUT2D eigenvalue weighted by atomic mass is 32.2. The van der Waals surface area contributed by atoms with Crippen molar-refractivity contribution < 1.29 is 19.2 Å². The molecule has 4 rings (SSSR count). The Morgan fingerprint density at radius 3 is 2.67 bits per heavy atom. The van der Waals surface area contributed by atoms with Crippen LogP contribution in [-0.4, -0.2) is 39.3 Å². The van der Waals surface area contributed by atoms with Crippen molar-refractivity contribution in [1.82, 2.24) is 9.55 Å². The first-order valence-electron chi connectivity index (χ1n) is 9.21. The van der Waals surface area contributed by atoms with Gasteiger partial charge in [-0.1, -0.05) is 30.0 Å². The van der Waals surface area contributed by atoms with Gasteiger partial charge in [-0.25, -0.2) is 4.98 Å². The standard InChI is InChI=1S/C20H18N4O5S/c25-19(13-30-20-21-7-8-23(20)14-5-2-1-3-6-14)22-15-11-17-18(12-16(15)24(26)27)29-10-4-9-28-17/h1-3,5-8,11-12H,4,9-10,13H2,(H,22,25). The minimum absolute atomic E-state index is 0.0371. The predicted octanol–water partition coefficient (Wildman–Crippen LogP) is 3.67. The molecule has 1 aliphatic rings. The second-order valence-electron chi connectivity index (χ2n) is 6.38. The van der Waals surface area contributed by atoms with Crippen molar-refractivity contribution in [1.29, 1.82) is 0 Å². The number of nitro groups is 1. The molecular formula is C20H18N4O5S. The molecule has 0 aliphatic carbocycles. The van der Waals surface area contributed by atoms with Gasteiger partial charge in [-0.3, -0.25) is 19.5 Å². The fourth-order valence-electron chi connectivity index (χ4n) is 2.95. The van der Waals surface area contributed by atoms with Crippen LogP contribution in [0.2, 0.25) is 0 Å². The van der Waals surface area contributed by atoms with Crippen LogP contribution in [0.5, 0.6) is 11.5 Å². The lowest BCUT2D eigenvalue weighted by molar-refractivity contribution is -0.384. The Hall–Kier alpha value is -3.53. The van der Waals surface area contributed by atoms with Crippen molar-refractivity contribution in [2.45, 2.75) is 11.6 Å². The number of rotatable bonds is 6. The van der Waals surface area contributed by atoms with Crippen molar-refractivity contribution in [2.24, 2.45) is 0 Å². The lowest BCUT2D eigenvalue weighted by Crippen LogP contribution is -2.16. The molecule has 0 radical (unpaired) electrons. The maximum absolute atomic E-state index is 12.5. The maximum atomic E-state index is 12.5. The van der Waals surface area contributed by atoms with Crippen molar-refractivity contribution in [3.63, 3.8) is 0 Å². The minimum atomic E-state index is -0.556. The summed E-state index contributed by atoms with van der Waals surface area (Å²) in [5, 5.41) is 14.7. The first-order chi connectivity index (χ1) is 14.6. The SMILES string of the molecule is O=C(CSc1nccn1-c1ccccc1)Nc1cc2c(cc1[N+](=O)[O-])OCCCO2. The molecule has 1 aliphatic heterocycles. The van der Waals surface area contributed by atoms with Gasteiger partial charge in [0.05, 0.1) is 30.0 Å². The van der Waals surface area contributed by atoms with Gasteiger partial charge < -0.3 is 14.8 Å². The summed E-state index contributed by atoms with van der Waals surface area (Å²) in [4.78, 5) is 27.7. The van der Waals surface area contributed by atoms with Crippen molar-refractivity contribution in [3.8, 4) is 17.2 Å². The Bertz CT molecular complexity index is 1070. The number of hydrogen-bond donors (Lipinski definition) is 1. The van der Waals surface area contributed by atoms with Gasteiger partial charge in [0.1, 0.15) is 5.69 Å². The first-order valence-corrected chi connectivity index (χ1v) is 10.2.